The van der Waals surface area contributed by atoms with Gasteiger partial charge in [-0.3, -0.25) is 9.69 Å². The van der Waals surface area contributed by atoms with Gasteiger partial charge in [0.25, 0.3) is 5.91 Å². The van der Waals surface area contributed by atoms with Crippen LogP contribution in [-0.4, -0.2) is 65.2 Å². The van der Waals surface area contributed by atoms with Crippen molar-refractivity contribution in [3.8, 4) is 0 Å². The molecule has 0 bridgehead atoms. The highest BCUT2D eigenvalue weighted by atomic mass is 16.5. The second-order valence-electron chi connectivity index (χ2n) is 9.87. The van der Waals surface area contributed by atoms with Gasteiger partial charge in [0.2, 0.25) is 0 Å². The third-order valence-corrected chi connectivity index (χ3v) is 7.13. The number of fused-ring (bicyclic) bond motifs is 1. The molecular weight excluding hydrogens is 410 g/mol. The van der Waals surface area contributed by atoms with Gasteiger partial charge in [0.1, 0.15) is 5.69 Å². The van der Waals surface area contributed by atoms with E-state index in [0.717, 1.165) is 62.2 Å². The Balaban J connectivity index is 1.28. The fourth-order valence-electron chi connectivity index (χ4n) is 5.60. The Morgan fingerprint density at radius 1 is 0.939 bits per heavy atom. The molecule has 3 aromatic rings. The van der Waals surface area contributed by atoms with Crippen LogP contribution in [0.5, 0.6) is 0 Å². The van der Waals surface area contributed by atoms with Crippen LogP contribution in [0.3, 0.4) is 0 Å². The largest absolute Gasteiger partial charge is 0.373 e. The van der Waals surface area contributed by atoms with E-state index in [1.54, 1.807) is 0 Å². The number of piperidine rings is 1. The van der Waals surface area contributed by atoms with Gasteiger partial charge in [-0.25, -0.2) is 0 Å². The quantitative estimate of drug-likeness (QED) is 0.574. The maximum atomic E-state index is 13.6. The molecule has 0 saturated carbocycles. The molecule has 0 aliphatic carbocycles. The van der Waals surface area contributed by atoms with Crippen molar-refractivity contribution in [1.29, 1.82) is 0 Å². The summed E-state index contributed by atoms with van der Waals surface area (Å²) in [6.45, 7) is 9.87. The molecule has 2 saturated heterocycles. The minimum atomic E-state index is 0.161. The highest BCUT2D eigenvalue weighted by Crippen LogP contribution is 2.26. The molecule has 1 aromatic heterocycles. The highest BCUT2D eigenvalue weighted by molar-refractivity contribution is 5.99. The average molecular weight is 446 g/mol. The maximum absolute atomic E-state index is 13.6. The van der Waals surface area contributed by atoms with E-state index in [0.29, 0.717) is 24.7 Å². The molecule has 1 amide bonds. The molecule has 2 aromatic carbocycles. The molecule has 174 valence electrons. The first-order valence-corrected chi connectivity index (χ1v) is 12.4. The topological polar surface area (TPSA) is 37.7 Å². The van der Waals surface area contributed by atoms with Crippen LogP contribution < -0.4 is 0 Å². The Bertz CT molecular complexity index is 1070. The summed E-state index contributed by atoms with van der Waals surface area (Å²) in [6.07, 6.45) is 2.76. The van der Waals surface area contributed by atoms with Gasteiger partial charge >= 0.3 is 0 Å². The van der Waals surface area contributed by atoms with Crippen molar-refractivity contribution in [2.45, 2.75) is 45.4 Å². The summed E-state index contributed by atoms with van der Waals surface area (Å²) in [4.78, 5) is 18.3. The van der Waals surface area contributed by atoms with Crippen LogP contribution in [0.2, 0.25) is 0 Å². The minimum absolute atomic E-state index is 0.161. The van der Waals surface area contributed by atoms with Gasteiger partial charge in [0, 0.05) is 50.2 Å². The van der Waals surface area contributed by atoms with E-state index in [1.807, 2.05) is 12.1 Å². The zero-order chi connectivity index (χ0) is 22.8. The molecular formula is C28H35N3O2. The van der Waals surface area contributed by atoms with Gasteiger partial charge in [-0.2, -0.15) is 0 Å². The van der Waals surface area contributed by atoms with Crippen LogP contribution >= 0.6 is 0 Å². The Morgan fingerprint density at radius 3 is 2.33 bits per heavy atom. The number of likely N-dealkylation sites (tertiary alicyclic amines) is 1. The third-order valence-electron chi connectivity index (χ3n) is 7.13. The zero-order valence-electron chi connectivity index (χ0n) is 19.8. The zero-order valence-corrected chi connectivity index (χ0v) is 19.8. The van der Waals surface area contributed by atoms with Gasteiger partial charge in [-0.1, -0.05) is 48.5 Å². The predicted molar refractivity (Wildman–Crippen MR) is 133 cm³/mol. The SMILES string of the molecule is CC1CN(CC2CCN(C(=O)c3cc4ccccc4n3Cc3ccccc3)CC2)CC(C)O1. The van der Waals surface area contributed by atoms with Crippen LogP contribution in [0.15, 0.2) is 60.7 Å². The number of aromatic nitrogens is 1. The number of amides is 1. The molecule has 2 aliphatic rings. The van der Waals surface area contributed by atoms with Crippen LogP contribution in [0.1, 0.15) is 42.7 Å². The summed E-state index contributed by atoms with van der Waals surface area (Å²) in [6, 6.07) is 20.8. The van der Waals surface area contributed by atoms with E-state index >= 15 is 0 Å². The molecule has 2 unspecified atom stereocenters. The van der Waals surface area contributed by atoms with E-state index in [-0.39, 0.29) is 5.91 Å². The lowest BCUT2D eigenvalue weighted by atomic mass is 9.95. The predicted octanol–water partition coefficient (Wildman–Crippen LogP) is 4.65. The van der Waals surface area contributed by atoms with Crippen molar-refractivity contribution < 1.29 is 9.53 Å². The molecule has 5 nitrogen and oxygen atoms in total. The monoisotopic (exact) mass is 445 g/mol. The number of ether oxygens (including phenoxy) is 1. The first kappa shape index (κ1) is 22.2. The van der Waals surface area contributed by atoms with Crippen molar-refractivity contribution in [3.05, 3.63) is 71.9 Å². The molecule has 5 heteroatoms. The first-order chi connectivity index (χ1) is 16.1. The van der Waals surface area contributed by atoms with Crippen LogP contribution in [0.25, 0.3) is 10.9 Å². The summed E-state index contributed by atoms with van der Waals surface area (Å²) in [5, 5.41) is 1.13. The Labute approximate surface area is 196 Å². The molecule has 2 fully saturated rings. The Morgan fingerprint density at radius 2 is 1.61 bits per heavy atom. The van der Waals surface area contributed by atoms with Crippen molar-refractivity contribution in [2.24, 2.45) is 5.92 Å². The maximum Gasteiger partial charge on any atom is 0.270 e. The summed E-state index contributed by atoms with van der Waals surface area (Å²) in [7, 11) is 0. The molecule has 0 N–H and O–H groups in total. The molecule has 0 spiro atoms. The molecule has 2 atom stereocenters. The Hall–Kier alpha value is -2.63. The standard InChI is InChI=1S/C28H35N3O2/c1-21-17-29(18-22(2)33-21)19-24-12-14-30(15-13-24)28(32)27-16-25-10-6-7-11-26(25)31(27)20-23-8-4-3-5-9-23/h3-11,16,21-22,24H,12-15,17-20H2,1-2H3. The summed E-state index contributed by atoms with van der Waals surface area (Å²) >= 11 is 0. The van der Waals surface area contributed by atoms with Crippen LogP contribution in [-0.2, 0) is 11.3 Å². The smallest absolute Gasteiger partial charge is 0.270 e. The van der Waals surface area contributed by atoms with Crippen molar-refractivity contribution in [2.75, 3.05) is 32.7 Å². The van der Waals surface area contributed by atoms with Crippen LogP contribution in [0, 0.1) is 5.92 Å². The average Bonchev–Trinajstić information content (AvgIpc) is 3.17. The fourth-order valence-corrected chi connectivity index (χ4v) is 5.60. The lowest BCUT2D eigenvalue weighted by Gasteiger charge is -2.39. The lowest BCUT2D eigenvalue weighted by molar-refractivity contribution is -0.0728. The van der Waals surface area contributed by atoms with Crippen molar-refractivity contribution in [1.82, 2.24) is 14.4 Å². The first-order valence-electron chi connectivity index (χ1n) is 12.4. The Kier molecular flexibility index (Phi) is 6.52. The van der Waals surface area contributed by atoms with Gasteiger partial charge in [-0.15, -0.1) is 0 Å². The van der Waals surface area contributed by atoms with Crippen molar-refractivity contribution in [3.63, 3.8) is 0 Å². The van der Waals surface area contributed by atoms with Crippen LogP contribution in [0.4, 0.5) is 0 Å². The number of hydrogen-bond donors (Lipinski definition) is 0. The second kappa shape index (κ2) is 9.70. The number of hydrogen-bond acceptors (Lipinski definition) is 3. The van der Waals surface area contributed by atoms with E-state index in [2.05, 4.69) is 76.7 Å². The van der Waals surface area contributed by atoms with E-state index < -0.39 is 0 Å². The number of carbonyl (C=O) groups excluding carboxylic acids is 1. The van der Waals surface area contributed by atoms with Gasteiger partial charge < -0.3 is 14.2 Å². The number of benzene rings is 2. The van der Waals surface area contributed by atoms with E-state index in [4.69, 9.17) is 4.74 Å². The highest BCUT2D eigenvalue weighted by Gasteiger charge is 2.29. The molecule has 2 aliphatic heterocycles. The third kappa shape index (κ3) is 4.99. The van der Waals surface area contributed by atoms with Gasteiger partial charge in [0.05, 0.1) is 12.2 Å². The van der Waals surface area contributed by atoms with E-state index in [1.165, 1.54) is 5.56 Å². The normalized spacial score (nSPS) is 22.7. The number of para-hydroxylation sites is 1. The molecule has 3 heterocycles. The van der Waals surface area contributed by atoms with E-state index in [9.17, 15) is 4.79 Å². The second-order valence-corrected chi connectivity index (χ2v) is 9.87. The fraction of sp³-hybridized carbons (Fsp3) is 0.464. The number of carbonyl (C=O) groups is 1. The lowest BCUT2D eigenvalue weighted by Crippen LogP contribution is -2.48. The van der Waals surface area contributed by atoms with Gasteiger partial charge in [-0.05, 0) is 50.3 Å². The summed E-state index contributed by atoms with van der Waals surface area (Å²) in [5.41, 5.74) is 3.13. The number of rotatable bonds is 5. The summed E-state index contributed by atoms with van der Waals surface area (Å²) in [5.74, 6) is 0.816. The minimum Gasteiger partial charge on any atom is -0.373 e. The molecule has 5 rings (SSSR count). The summed E-state index contributed by atoms with van der Waals surface area (Å²) < 4.78 is 8.07. The molecule has 33 heavy (non-hydrogen) atoms. The number of nitrogens with zero attached hydrogens (tertiary/aromatic N) is 3. The molecule has 0 radical (unpaired) electrons. The van der Waals surface area contributed by atoms with Crippen molar-refractivity contribution >= 4 is 16.8 Å². The number of morpholine rings is 1. The van der Waals surface area contributed by atoms with Gasteiger partial charge in [0.15, 0.2) is 0 Å².